The molecule has 0 aromatic heterocycles. The van der Waals surface area contributed by atoms with Crippen LogP contribution in [-0.4, -0.2) is 38.9 Å². The van der Waals surface area contributed by atoms with Crippen LogP contribution in [-0.2, 0) is 16.4 Å². The van der Waals surface area contributed by atoms with Gasteiger partial charge in [-0.05, 0) is 42.7 Å². The molecule has 1 aliphatic heterocycles. The molecule has 3 rings (SSSR count). The molecular formula is C20H26N2O2S. The third-order valence-electron chi connectivity index (χ3n) is 4.79. The molecule has 0 aliphatic carbocycles. The lowest BCUT2D eigenvalue weighted by atomic mass is 10.1. The van der Waals surface area contributed by atoms with Crippen molar-refractivity contribution in [2.45, 2.75) is 31.6 Å². The molecule has 0 spiro atoms. The van der Waals surface area contributed by atoms with Crippen LogP contribution >= 0.6 is 0 Å². The zero-order valence-corrected chi connectivity index (χ0v) is 15.8. The van der Waals surface area contributed by atoms with Crippen LogP contribution in [0.15, 0.2) is 53.4 Å². The molecule has 5 heteroatoms. The van der Waals surface area contributed by atoms with Gasteiger partial charge in [-0.2, -0.15) is 4.31 Å². The molecule has 1 aliphatic rings. The van der Waals surface area contributed by atoms with E-state index in [1.54, 1.807) is 16.4 Å². The Bertz CT molecular complexity index is 808. The van der Waals surface area contributed by atoms with E-state index >= 15 is 0 Å². The number of piperazine rings is 1. The highest BCUT2D eigenvalue weighted by Crippen LogP contribution is 2.23. The third-order valence-corrected chi connectivity index (χ3v) is 6.71. The number of hydrogen-bond donors (Lipinski definition) is 0. The van der Waals surface area contributed by atoms with Crippen LogP contribution in [0, 0.1) is 6.92 Å². The first-order chi connectivity index (χ1) is 12.0. The molecule has 0 atom stereocenters. The van der Waals surface area contributed by atoms with Crippen LogP contribution < -0.4 is 4.90 Å². The van der Waals surface area contributed by atoms with E-state index in [4.69, 9.17) is 0 Å². The van der Waals surface area contributed by atoms with Gasteiger partial charge in [-0.25, -0.2) is 8.42 Å². The quantitative estimate of drug-likeness (QED) is 0.822. The topological polar surface area (TPSA) is 40.6 Å². The van der Waals surface area contributed by atoms with Gasteiger partial charge in [0.2, 0.25) is 10.0 Å². The predicted molar refractivity (Wildman–Crippen MR) is 103 cm³/mol. The van der Waals surface area contributed by atoms with Crippen LogP contribution in [0.5, 0.6) is 0 Å². The highest BCUT2D eigenvalue weighted by molar-refractivity contribution is 7.89. The molecule has 0 bridgehead atoms. The first-order valence-corrected chi connectivity index (χ1v) is 10.4. The molecule has 0 radical (unpaired) electrons. The second-order valence-electron chi connectivity index (χ2n) is 6.57. The third kappa shape index (κ3) is 3.88. The summed E-state index contributed by atoms with van der Waals surface area (Å²) >= 11 is 0. The summed E-state index contributed by atoms with van der Waals surface area (Å²) in [5, 5.41) is 0. The molecule has 25 heavy (non-hydrogen) atoms. The summed E-state index contributed by atoms with van der Waals surface area (Å²) in [6.45, 7) is 6.70. The normalized spacial score (nSPS) is 16.2. The van der Waals surface area contributed by atoms with Gasteiger partial charge in [-0.3, -0.25) is 0 Å². The van der Waals surface area contributed by atoms with Gasteiger partial charge in [0.15, 0.2) is 0 Å². The van der Waals surface area contributed by atoms with Crippen LogP contribution in [0.3, 0.4) is 0 Å². The van der Waals surface area contributed by atoms with Crippen molar-refractivity contribution in [2.75, 3.05) is 31.1 Å². The molecule has 0 amide bonds. The van der Waals surface area contributed by atoms with E-state index in [0.717, 1.165) is 25.9 Å². The lowest BCUT2D eigenvalue weighted by Gasteiger charge is -2.36. The van der Waals surface area contributed by atoms with Gasteiger partial charge in [-0.1, -0.05) is 43.7 Å². The molecule has 0 unspecified atom stereocenters. The lowest BCUT2D eigenvalue weighted by molar-refractivity contribution is 0.384. The average Bonchev–Trinajstić information content (AvgIpc) is 2.63. The summed E-state index contributed by atoms with van der Waals surface area (Å²) in [6.07, 6.45) is 2.04. The number of sulfonamides is 1. The number of anilines is 1. The monoisotopic (exact) mass is 358 g/mol. The van der Waals surface area contributed by atoms with Crippen molar-refractivity contribution in [3.05, 3.63) is 59.7 Å². The molecule has 2 aromatic carbocycles. The Hall–Kier alpha value is -1.85. The van der Waals surface area contributed by atoms with E-state index in [0.29, 0.717) is 18.0 Å². The summed E-state index contributed by atoms with van der Waals surface area (Å²) in [5.74, 6) is 0. The Balaban J connectivity index is 1.70. The minimum Gasteiger partial charge on any atom is -0.369 e. The van der Waals surface area contributed by atoms with Crippen LogP contribution in [0.4, 0.5) is 5.69 Å². The standard InChI is InChI=1S/C20H26N2O2S/c1-3-6-18-9-11-19(12-10-18)25(23,24)22-15-13-21(14-16-22)20-8-5-4-7-17(20)2/h4-5,7-12H,3,6,13-16H2,1-2H3. The van der Waals surface area contributed by atoms with Crippen molar-refractivity contribution in [1.29, 1.82) is 0 Å². The second kappa shape index (κ2) is 7.58. The largest absolute Gasteiger partial charge is 0.369 e. The fourth-order valence-corrected chi connectivity index (χ4v) is 4.78. The number of aryl methyl sites for hydroxylation is 2. The maximum absolute atomic E-state index is 12.9. The second-order valence-corrected chi connectivity index (χ2v) is 8.51. The van der Waals surface area contributed by atoms with Crippen molar-refractivity contribution >= 4 is 15.7 Å². The first-order valence-electron chi connectivity index (χ1n) is 8.92. The van der Waals surface area contributed by atoms with E-state index in [1.807, 2.05) is 24.3 Å². The number of nitrogens with zero attached hydrogens (tertiary/aromatic N) is 2. The van der Waals surface area contributed by atoms with Gasteiger partial charge in [0.1, 0.15) is 0 Å². The van der Waals surface area contributed by atoms with E-state index < -0.39 is 10.0 Å². The highest BCUT2D eigenvalue weighted by Gasteiger charge is 2.28. The number of hydrogen-bond acceptors (Lipinski definition) is 3. The molecule has 0 N–H and O–H groups in total. The number of benzene rings is 2. The highest BCUT2D eigenvalue weighted by atomic mass is 32.2. The van der Waals surface area contributed by atoms with Crippen molar-refractivity contribution < 1.29 is 8.42 Å². The predicted octanol–water partition coefficient (Wildman–Crippen LogP) is 3.46. The summed E-state index contributed by atoms with van der Waals surface area (Å²) in [6, 6.07) is 15.6. The van der Waals surface area contributed by atoms with E-state index in [9.17, 15) is 8.42 Å². The van der Waals surface area contributed by atoms with E-state index in [2.05, 4.69) is 30.9 Å². The Labute approximate surface area is 151 Å². The molecule has 134 valence electrons. The first kappa shape index (κ1) is 18.0. The van der Waals surface area contributed by atoms with Crippen molar-refractivity contribution in [1.82, 2.24) is 4.31 Å². The molecule has 1 heterocycles. The molecule has 4 nitrogen and oxygen atoms in total. The zero-order valence-electron chi connectivity index (χ0n) is 15.0. The minimum absolute atomic E-state index is 0.400. The molecule has 1 fully saturated rings. The summed E-state index contributed by atoms with van der Waals surface area (Å²) < 4.78 is 27.4. The van der Waals surface area contributed by atoms with Gasteiger partial charge >= 0.3 is 0 Å². The maximum atomic E-state index is 12.9. The summed E-state index contributed by atoms with van der Waals surface area (Å²) in [5.41, 5.74) is 3.61. The van der Waals surface area contributed by atoms with E-state index in [1.165, 1.54) is 16.8 Å². The minimum atomic E-state index is -3.40. The maximum Gasteiger partial charge on any atom is 0.243 e. The van der Waals surface area contributed by atoms with Crippen molar-refractivity contribution in [3.8, 4) is 0 Å². The average molecular weight is 359 g/mol. The molecule has 1 saturated heterocycles. The van der Waals surface area contributed by atoms with Gasteiger partial charge in [0.05, 0.1) is 4.90 Å². The van der Waals surface area contributed by atoms with E-state index in [-0.39, 0.29) is 0 Å². The Morgan fingerprint density at radius 1 is 0.920 bits per heavy atom. The fraction of sp³-hybridized carbons (Fsp3) is 0.400. The molecule has 0 saturated carbocycles. The zero-order chi connectivity index (χ0) is 17.9. The van der Waals surface area contributed by atoms with Crippen LogP contribution in [0.1, 0.15) is 24.5 Å². The van der Waals surface area contributed by atoms with Gasteiger partial charge in [0.25, 0.3) is 0 Å². The number of para-hydroxylation sites is 1. The SMILES string of the molecule is CCCc1ccc(S(=O)(=O)N2CCN(c3ccccc3C)CC2)cc1. The smallest absolute Gasteiger partial charge is 0.243 e. The fourth-order valence-electron chi connectivity index (χ4n) is 3.35. The Morgan fingerprint density at radius 2 is 1.56 bits per heavy atom. The van der Waals surface area contributed by atoms with Crippen LogP contribution in [0.25, 0.3) is 0 Å². The van der Waals surface area contributed by atoms with Gasteiger partial charge in [0, 0.05) is 31.9 Å². The Kier molecular flexibility index (Phi) is 5.45. The van der Waals surface area contributed by atoms with Crippen molar-refractivity contribution in [2.24, 2.45) is 0 Å². The Morgan fingerprint density at radius 3 is 2.16 bits per heavy atom. The molecular weight excluding hydrogens is 332 g/mol. The van der Waals surface area contributed by atoms with Crippen LogP contribution in [0.2, 0.25) is 0 Å². The number of rotatable bonds is 5. The molecule has 2 aromatic rings. The summed E-state index contributed by atoms with van der Waals surface area (Å²) in [7, 11) is -3.40. The lowest BCUT2D eigenvalue weighted by Crippen LogP contribution is -2.48. The van der Waals surface area contributed by atoms with Gasteiger partial charge < -0.3 is 4.90 Å². The summed E-state index contributed by atoms with van der Waals surface area (Å²) in [4.78, 5) is 2.67. The van der Waals surface area contributed by atoms with Gasteiger partial charge in [-0.15, -0.1) is 0 Å². The van der Waals surface area contributed by atoms with Crippen molar-refractivity contribution in [3.63, 3.8) is 0 Å².